The van der Waals surface area contributed by atoms with E-state index >= 15 is 0 Å². The third-order valence-corrected chi connectivity index (χ3v) is 4.79. The molecule has 0 aromatic carbocycles. The van der Waals surface area contributed by atoms with Crippen LogP contribution in [0.4, 0.5) is 4.79 Å². The molecule has 3 atom stereocenters. The molecule has 0 radical (unpaired) electrons. The summed E-state index contributed by atoms with van der Waals surface area (Å²) in [5, 5.41) is 12.1. The first-order valence-corrected chi connectivity index (χ1v) is 7.99. The fourth-order valence-electron chi connectivity index (χ4n) is 2.15. The van der Waals surface area contributed by atoms with Gasteiger partial charge in [-0.1, -0.05) is 6.92 Å². The van der Waals surface area contributed by atoms with Gasteiger partial charge >= 0.3 is 12.0 Å². The number of carboxylic acids is 1. The largest absolute Gasteiger partial charge is 0.480 e. The molecule has 0 aliphatic carbocycles. The van der Waals surface area contributed by atoms with Crippen LogP contribution in [-0.2, 0) is 4.79 Å². The molecule has 0 saturated carbocycles. The molecule has 1 saturated heterocycles. The highest BCUT2D eigenvalue weighted by atomic mass is 32.2. The number of nitrogens with one attached hydrogen (secondary N) is 1. The summed E-state index contributed by atoms with van der Waals surface area (Å²) in [7, 11) is 3.97. The molecule has 1 aliphatic heterocycles. The number of thioether (sulfide) groups is 1. The SMILES string of the molecule is CCC1SCC(C(=O)O)N1C(=O)NC(C)CCN(C)C. The Kier molecular flexibility index (Phi) is 6.61. The molecule has 0 spiro atoms. The number of urea groups is 1. The lowest BCUT2D eigenvalue weighted by Crippen LogP contribution is -2.52. The summed E-state index contributed by atoms with van der Waals surface area (Å²) < 4.78 is 0. The Labute approximate surface area is 124 Å². The van der Waals surface area contributed by atoms with Crippen molar-refractivity contribution in [3.63, 3.8) is 0 Å². The molecule has 20 heavy (non-hydrogen) atoms. The molecule has 7 heteroatoms. The summed E-state index contributed by atoms with van der Waals surface area (Å²) >= 11 is 1.54. The van der Waals surface area contributed by atoms with E-state index in [9.17, 15) is 14.7 Å². The third-order valence-electron chi connectivity index (χ3n) is 3.34. The van der Waals surface area contributed by atoms with Crippen LogP contribution >= 0.6 is 11.8 Å². The first kappa shape index (κ1) is 17.1. The summed E-state index contributed by atoms with van der Waals surface area (Å²) in [6.45, 7) is 4.80. The lowest BCUT2D eigenvalue weighted by atomic mass is 10.2. The van der Waals surface area contributed by atoms with Crippen molar-refractivity contribution < 1.29 is 14.7 Å². The second-order valence-corrected chi connectivity index (χ2v) is 6.61. The first-order valence-electron chi connectivity index (χ1n) is 6.94. The van der Waals surface area contributed by atoms with Crippen LogP contribution in [0.5, 0.6) is 0 Å². The zero-order valence-electron chi connectivity index (χ0n) is 12.6. The minimum atomic E-state index is -0.926. The van der Waals surface area contributed by atoms with Crippen LogP contribution in [-0.4, -0.2) is 70.8 Å². The Bertz CT molecular complexity index is 352. The van der Waals surface area contributed by atoms with Crippen LogP contribution in [0.1, 0.15) is 26.7 Å². The molecule has 2 N–H and O–H groups in total. The van der Waals surface area contributed by atoms with Crippen molar-refractivity contribution in [3.05, 3.63) is 0 Å². The van der Waals surface area contributed by atoms with E-state index in [1.165, 1.54) is 16.7 Å². The summed E-state index contributed by atoms with van der Waals surface area (Å²) in [5.41, 5.74) is 0. The average Bonchev–Trinajstić information content (AvgIpc) is 2.80. The van der Waals surface area contributed by atoms with Crippen molar-refractivity contribution >= 4 is 23.8 Å². The molecular weight excluding hydrogens is 278 g/mol. The molecule has 0 bridgehead atoms. The molecule has 6 nitrogen and oxygen atoms in total. The van der Waals surface area contributed by atoms with Gasteiger partial charge in [-0.05, 0) is 40.4 Å². The second-order valence-electron chi connectivity index (χ2n) is 5.40. The van der Waals surface area contributed by atoms with Gasteiger partial charge in [-0.25, -0.2) is 9.59 Å². The van der Waals surface area contributed by atoms with E-state index in [1.807, 2.05) is 27.9 Å². The van der Waals surface area contributed by atoms with Gasteiger partial charge in [0.1, 0.15) is 6.04 Å². The molecule has 116 valence electrons. The van der Waals surface area contributed by atoms with E-state index < -0.39 is 12.0 Å². The zero-order valence-corrected chi connectivity index (χ0v) is 13.4. The lowest BCUT2D eigenvalue weighted by molar-refractivity contribution is -0.141. The number of aliphatic carboxylic acids is 1. The van der Waals surface area contributed by atoms with Gasteiger partial charge in [-0.15, -0.1) is 11.8 Å². The van der Waals surface area contributed by atoms with Gasteiger partial charge in [-0.2, -0.15) is 0 Å². The number of amides is 2. The molecule has 0 aromatic heterocycles. The van der Waals surface area contributed by atoms with Gasteiger partial charge in [0.2, 0.25) is 0 Å². The summed E-state index contributed by atoms with van der Waals surface area (Å²) in [5.74, 6) is -0.461. The number of nitrogens with zero attached hydrogens (tertiary/aromatic N) is 2. The van der Waals surface area contributed by atoms with E-state index in [1.54, 1.807) is 0 Å². The smallest absolute Gasteiger partial charge is 0.327 e. The molecule has 1 rings (SSSR count). The monoisotopic (exact) mass is 303 g/mol. The van der Waals surface area contributed by atoms with Gasteiger partial charge in [-0.3, -0.25) is 4.90 Å². The van der Waals surface area contributed by atoms with Crippen molar-refractivity contribution in [1.29, 1.82) is 0 Å². The maximum absolute atomic E-state index is 12.3. The van der Waals surface area contributed by atoms with Crippen molar-refractivity contribution in [1.82, 2.24) is 15.1 Å². The lowest BCUT2D eigenvalue weighted by Gasteiger charge is -2.28. The minimum Gasteiger partial charge on any atom is -0.480 e. The summed E-state index contributed by atoms with van der Waals surface area (Å²) in [6.07, 6.45) is 1.60. The Balaban J connectivity index is 2.60. The standard InChI is InChI=1S/C13H25N3O3S/c1-5-11-16(10(8-20-11)12(17)18)13(19)14-9(2)6-7-15(3)4/h9-11H,5-8H2,1-4H3,(H,14,19)(H,17,18). The van der Waals surface area contributed by atoms with Crippen molar-refractivity contribution in [2.24, 2.45) is 0 Å². The highest BCUT2D eigenvalue weighted by Crippen LogP contribution is 2.31. The number of rotatable bonds is 6. The van der Waals surface area contributed by atoms with Crippen LogP contribution in [0.25, 0.3) is 0 Å². The Hall–Kier alpha value is -0.950. The fraction of sp³-hybridized carbons (Fsp3) is 0.846. The number of hydrogen-bond acceptors (Lipinski definition) is 4. The maximum Gasteiger partial charge on any atom is 0.327 e. The second kappa shape index (κ2) is 7.73. The molecular formula is C13H25N3O3S. The Morgan fingerprint density at radius 2 is 2.15 bits per heavy atom. The normalized spacial score (nSPS) is 23.9. The van der Waals surface area contributed by atoms with Gasteiger partial charge in [0.15, 0.2) is 0 Å². The van der Waals surface area contributed by atoms with Crippen LogP contribution in [0.15, 0.2) is 0 Å². The predicted octanol–water partition coefficient (Wildman–Crippen LogP) is 1.27. The first-order chi connectivity index (χ1) is 9.36. The Morgan fingerprint density at radius 1 is 1.50 bits per heavy atom. The van der Waals surface area contributed by atoms with Crippen molar-refractivity contribution in [2.75, 3.05) is 26.4 Å². The molecule has 0 aromatic rings. The van der Waals surface area contributed by atoms with Crippen LogP contribution in [0.2, 0.25) is 0 Å². The number of hydrogen-bond donors (Lipinski definition) is 2. The molecule has 3 unspecified atom stereocenters. The van der Waals surface area contributed by atoms with Crippen molar-refractivity contribution in [2.45, 2.75) is 44.1 Å². The van der Waals surface area contributed by atoms with Crippen molar-refractivity contribution in [3.8, 4) is 0 Å². The van der Waals surface area contributed by atoms with Gasteiger partial charge in [0.25, 0.3) is 0 Å². The van der Waals surface area contributed by atoms with Gasteiger partial charge in [0.05, 0.1) is 5.37 Å². The molecule has 1 heterocycles. The average molecular weight is 303 g/mol. The Morgan fingerprint density at radius 3 is 2.65 bits per heavy atom. The number of carbonyl (C=O) groups excluding carboxylic acids is 1. The maximum atomic E-state index is 12.3. The number of carboxylic acid groups (broad SMARTS) is 1. The van der Waals surface area contributed by atoms with Crippen LogP contribution < -0.4 is 5.32 Å². The topological polar surface area (TPSA) is 72.9 Å². The van der Waals surface area contributed by atoms with Gasteiger partial charge in [0, 0.05) is 11.8 Å². The zero-order chi connectivity index (χ0) is 15.3. The van der Waals surface area contributed by atoms with E-state index in [4.69, 9.17) is 0 Å². The quantitative estimate of drug-likeness (QED) is 0.773. The summed E-state index contributed by atoms with van der Waals surface area (Å²) in [4.78, 5) is 27.1. The highest BCUT2D eigenvalue weighted by Gasteiger charge is 2.41. The molecule has 2 amide bonds. The van der Waals surface area contributed by atoms with E-state index in [0.29, 0.717) is 5.75 Å². The van der Waals surface area contributed by atoms with E-state index in [2.05, 4.69) is 10.2 Å². The summed E-state index contributed by atoms with van der Waals surface area (Å²) in [6, 6.07) is -0.950. The van der Waals surface area contributed by atoms with Gasteiger partial charge < -0.3 is 15.3 Å². The molecule has 1 fully saturated rings. The van der Waals surface area contributed by atoms with E-state index in [-0.39, 0.29) is 17.4 Å². The van der Waals surface area contributed by atoms with Crippen LogP contribution in [0, 0.1) is 0 Å². The molecule has 1 aliphatic rings. The third kappa shape index (κ3) is 4.56. The van der Waals surface area contributed by atoms with Crippen LogP contribution in [0.3, 0.4) is 0 Å². The highest BCUT2D eigenvalue weighted by molar-refractivity contribution is 8.00. The number of carbonyl (C=O) groups is 2. The minimum absolute atomic E-state index is 0.0300. The predicted molar refractivity (Wildman–Crippen MR) is 81.0 cm³/mol. The van der Waals surface area contributed by atoms with E-state index in [0.717, 1.165) is 19.4 Å². The fourth-order valence-corrected chi connectivity index (χ4v) is 3.50.